The third-order valence-electron chi connectivity index (χ3n) is 4.02. The standard InChI is InChI=1S/C18H25NO2/c1-2-13-19(14-16-9-5-3-6-10-16)18(20)21-15-17-11-7-4-8-12-17/h2,4,7-8,11-12,16H,1,3,5-6,9-10,13-15H2. The summed E-state index contributed by atoms with van der Waals surface area (Å²) in [6.07, 6.45) is 7.88. The lowest BCUT2D eigenvalue weighted by atomic mass is 9.89. The van der Waals surface area contributed by atoms with Gasteiger partial charge in [-0.15, -0.1) is 6.58 Å². The van der Waals surface area contributed by atoms with Crippen molar-refractivity contribution < 1.29 is 9.53 Å². The molecule has 114 valence electrons. The molecule has 0 unspecified atom stereocenters. The highest BCUT2D eigenvalue weighted by atomic mass is 16.6. The lowest BCUT2D eigenvalue weighted by Gasteiger charge is -2.28. The van der Waals surface area contributed by atoms with Crippen molar-refractivity contribution in [1.29, 1.82) is 0 Å². The zero-order valence-corrected chi connectivity index (χ0v) is 12.7. The van der Waals surface area contributed by atoms with Crippen LogP contribution in [0.1, 0.15) is 37.7 Å². The molecule has 0 radical (unpaired) electrons. The highest BCUT2D eigenvalue weighted by molar-refractivity contribution is 5.67. The van der Waals surface area contributed by atoms with E-state index >= 15 is 0 Å². The highest BCUT2D eigenvalue weighted by Crippen LogP contribution is 2.24. The summed E-state index contributed by atoms with van der Waals surface area (Å²) < 4.78 is 5.42. The van der Waals surface area contributed by atoms with Crippen LogP contribution in [0.5, 0.6) is 0 Å². The van der Waals surface area contributed by atoms with E-state index in [9.17, 15) is 4.79 Å². The SMILES string of the molecule is C=CCN(CC1CCCCC1)C(=O)OCc1ccccc1. The monoisotopic (exact) mass is 287 g/mol. The van der Waals surface area contributed by atoms with Crippen molar-refractivity contribution in [3.8, 4) is 0 Å². The fourth-order valence-electron chi connectivity index (χ4n) is 2.87. The Kier molecular flexibility index (Phi) is 6.32. The van der Waals surface area contributed by atoms with Gasteiger partial charge in [0.25, 0.3) is 0 Å². The van der Waals surface area contributed by atoms with E-state index in [0.29, 0.717) is 19.1 Å². The molecule has 3 nitrogen and oxygen atoms in total. The average Bonchev–Trinajstić information content (AvgIpc) is 2.54. The zero-order valence-electron chi connectivity index (χ0n) is 12.7. The molecule has 2 rings (SSSR count). The fourth-order valence-corrected chi connectivity index (χ4v) is 2.87. The molecular weight excluding hydrogens is 262 g/mol. The topological polar surface area (TPSA) is 29.5 Å². The molecule has 1 aromatic rings. The Hall–Kier alpha value is -1.77. The molecule has 1 aliphatic rings. The zero-order chi connectivity index (χ0) is 14.9. The molecule has 1 aliphatic carbocycles. The molecule has 0 aliphatic heterocycles. The largest absolute Gasteiger partial charge is 0.445 e. The number of nitrogens with zero attached hydrogens (tertiary/aromatic N) is 1. The summed E-state index contributed by atoms with van der Waals surface area (Å²) in [7, 11) is 0. The maximum atomic E-state index is 12.2. The molecule has 0 N–H and O–H groups in total. The van der Waals surface area contributed by atoms with Crippen LogP contribution in [0.3, 0.4) is 0 Å². The second kappa shape index (κ2) is 8.50. The maximum absolute atomic E-state index is 12.2. The van der Waals surface area contributed by atoms with Crippen LogP contribution < -0.4 is 0 Å². The Balaban J connectivity index is 1.84. The molecule has 1 fully saturated rings. The van der Waals surface area contributed by atoms with Crippen molar-refractivity contribution in [2.24, 2.45) is 5.92 Å². The van der Waals surface area contributed by atoms with E-state index in [1.54, 1.807) is 11.0 Å². The van der Waals surface area contributed by atoms with Crippen LogP contribution in [-0.2, 0) is 11.3 Å². The first-order chi connectivity index (χ1) is 10.3. The van der Waals surface area contributed by atoms with E-state index in [0.717, 1.165) is 12.1 Å². The van der Waals surface area contributed by atoms with E-state index in [-0.39, 0.29) is 6.09 Å². The number of carbonyl (C=O) groups excluding carboxylic acids is 1. The fraction of sp³-hybridized carbons (Fsp3) is 0.500. The third kappa shape index (κ3) is 5.25. The molecular formula is C18H25NO2. The highest BCUT2D eigenvalue weighted by Gasteiger charge is 2.21. The third-order valence-corrected chi connectivity index (χ3v) is 4.02. The number of carbonyl (C=O) groups is 1. The van der Waals surface area contributed by atoms with Gasteiger partial charge in [0.1, 0.15) is 6.61 Å². The minimum absolute atomic E-state index is 0.232. The number of hydrogen-bond acceptors (Lipinski definition) is 2. The van der Waals surface area contributed by atoms with Crippen LogP contribution in [0.2, 0.25) is 0 Å². The van der Waals surface area contributed by atoms with E-state index in [4.69, 9.17) is 4.74 Å². The summed E-state index contributed by atoms with van der Waals surface area (Å²) in [5.41, 5.74) is 1.02. The maximum Gasteiger partial charge on any atom is 0.410 e. The van der Waals surface area contributed by atoms with E-state index in [1.165, 1.54) is 32.1 Å². The molecule has 3 heteroatoms. The van der Waals surface area contributed by atoms with Crippen LogP contribution in [-0.4, -0.2) is 24.1 Å². The lowest BCUT2D eigenvalue weighted by Crippen LogP contribution is -2.36. The molecule has 0 bridgehead atoms. The molecule has 1 aromatic carbocycles. The second-order valence-corrected chi connectivity index (χ2v) is 5.74. The van der Waals surface area contributed by atoms with Crippen molar-refractivity contribution in [3.63, 3.8) is 0 Å². The van der Waals surface area contributed by atoms with Crippen molar-refractivity contribution in [2.45, 2.75) is 38.7 Å². The van der Waals surface area contributed by atoms with Crippen LogP contribution in [0.4, 0.5) is 4.79 Å². The quantitative estimate of drug-likeness (QED) is 0.726. The molecule has 1 saturated carbocycles. The van der Waals surface area contributed by atoms with Gasteiger partial charge < -0.3 is 9.64 Å². The summed E-state index contributed by atoms with van der Waals surface area (Å²) >= 11 is 0. The molecule has 21 heavy (non-hydrogen) atoms. The van der Waals surface area contributed by atoms with Crippen LogP contribution in [0.15, 0.2) is 43.0 Å². The minimum atomic E-state index is -0.232. The average molecular weight is 287 g/mol. The smallest absolute Gasteiger partial charge is 0.410 e. The van der Waals surface area contributed by atoms with Gasteiger partial charge >= 0.3 is 6.09 Å². The van der Waals surface area contributed by atoms with Gasteiger partial charge in [-0.05, 0) is 24.3 Å². The van der Waals surface area contributed by atoms with Gasteiger partial charge in [0.2, 0.25) is 0 Å². The van der Waals surface area contributed by atoms with E-state index in [2.05, 4.69) is 6.58 Å². The Bertz CT molecular complexity index is 438. The van der Waals surface area contributed by atoms with Gasteiger partial charge in [0.15, 0.2) is 0 Å². The summed E-state index contributed by atoms with van der Waals surface area (Å²) in [4.78, 5) is 14.0. The van der Waals surface area contributed by atoms with Crippen LogP contribution >= 0.6 is 0 Å². The number of ether oxygens (including phenoxy) is 1. The number of hydrogen-bond donors (Lipinski definition) is 0. The van der Waals surface area contributed by atoms with Crippen molar-refractivity contribution in [3.05, 3.63) is 48.6 Å². The summed E-state index contributed by atoms with van der Waals surface area (Å²) in [5.74, 6) is 0.614. The Morgan fingerprint density at radius 1 is 1.24 bits per heavy atom. The van der Waals surface area contributed by atoms with Crippen LogP contribution in [0, 0.1) is 5.92 Å². The molecule has 1 amide bonds. The summed E-state index contributed by atoms with van der Waals surface area (Å²) in [6, 6.07) is 9.79. The first-order valence-electron chi connectivity index (χ1n) is 7.86. The summed E-state index contributed by atoms with van der Waals surface area (Å²) in [5, 5.41) is 0. The first-order valence-corrected chi connectivity index (χ1v) is 7.86. The van der Waals surface area contributed by atoms with Crippen molar-refractivity contribution in [1.82, 2.24) is 4.90 Å². The normalized spacial score (nSPS) is 15.4. The minimum Gasteiger partial charge on any atom is -0.445 e. The van der Waals surface area contributed by atoms with Crippen LogP contribution in [0.25, 0.3) is 0 Å². The van der Waals surface area contributed by atoms with E-state index < -0.39 is 0 Å². The van der Waals surface area contributed by atoms with Crippen molar-refractivity contribution >= 4 is 6.09 Å². The Morgan fingerprint density at radius 2 is 1.95 bits per heavy atom. The molecule has 0 atom stereocenters. The predicted molar refractivity (Wildman–Crippen MR) is 85.0 cm³/mol. The van der Waals surface area contributed by atoms with Gasteiger partial charge in [0, 0.05) is 13.1 Å². The number of benzene rings is 1. The van der Waals surface area contributed by atoms with Gasteiger partial charge in [-0.1, -0.05) is 55.7 Å². The van der Waals surface area contributed by atoms with Gasteiger partial charge in [0.05, 0.1) is 0 Å². The predicted octanol–water partition coefficient (Wildman–Crippen LogP) is 4.39. The Labute approximate surface area is 127 Å². The Morgan fingerprint density at radius 3 is 2.62 bits per heavy atom. The summed E-state index contributed by atoms with van der Waals surface area (Å²) in [6.45, 7) is 5.43. The van der Waals surface area contributed by atoms with Gasteiger partial charge in [-0.2, -0.15) is 0 Å². The first kappa shape index (κ1) is 15.6. The second-order valence-electron chi connectivity index (χ2n) is 5.74. The van der Waals surface area contributed by atoms with Gasteiger partial charge in [-0.25, -0.2) is 4.79 Å². The number of amides is 1. The molecule has 0 spiro atoms. The van der Waals surface area contributed by atoms with Gasteiger partial charge in [-0.3, -0.25) is 0 Å². The number of rotatable bonds is 6. The molecule has 0 aromatic heterocycles. The van der Waals surface area contributed by atoms with Crippen molar-refractivity contribution in [2.75, 3.05) is 13.1 Å². The molecule has 0 heterocycles. The lowest BCUT2D eigenvalue weighted by molar-refractivity contribution is 0.0915. The van der Waals surface area contributed by atoms with E-state index in [1.807, 2.05) is 30.3 Å². The molecule has 0 saturated heterocycles.